The largest absolute Gasteiger partial charge is 0.479 e. The summed E-state index contributed by atoms with van der Waals surface area (Å²) in [7, 11) is 0. The number of carboxylic acids is 1. The van der Waals surface area contributed by atoms with Crippen molar-refractivity contribution in [1.82, 2.24) is 0 Å². The average molecular weight is 224 g/mol. The van der Waals surface area contributed by atoms with Gasteiger partial charge in [0.25, 0.3) is 0 Å². The van der Waals surface area contributed by atoms with Crippen molar-refractivity contribution in [2.24, 2.45) is 0 Å². The Hall–Kier alpha value is -2.04. The Morgan fingerprint density at radius 3 is 2.06 bits per heavy atom. The van der Waals surface area contributed by atoms with Crippen LogP contribution < -0.4 is 4.74 Å². The van der Waals surface area contributed by atoms with Gasteiger partial charge in [0.2, 0.25) is 0 Å². The summed E-state index contributed by atoms with van der Waals surface area (Å²) in [6.45, 7) is 2.46. The first-order chi connectivity index (χ1) is 7.50. The van der Waals surface area contributed by atoms with Crippen LogP contribution in [0.5, 0.6) is 11.5 Å². The number of para-hydroxylation sites is 2. The number of carbonyl (C=O) groups is 2. The Bertz CT molecular complexity index is 378. The van der Waals surface area contributed by atoms with Gasteiger partial charge in [0.05, 0.1) is 0 Å². The van der Waals surface area contributed by atoms with Crippen LogP contribution in [0.1, 0.15) is 13.8 Å². The second-order valence-corrected chi connectivity index (χ2v) is 3.14. The molecule has 1 atom stereocenters. The third kappa shape index (κ3) is 4.00. The zero-order chi connectivity index (χ0) is 12.1. The van der Waals surface area contributed by atoms with Crippen LogP contribution in [0.3, 0.4) is 0 Å². The van der Waals surface area contributed by atoms with Gasteiger partial charge in [-0.05, 0) is 19.1 Å². The lowest BCUT2D eigenvalue weighted by atomic mass is 10.4. The Morgan fingerprint density at radius 1 is 1.31 bits per heavy atom. The highest BCUT2D eigenvalue weighted by Crippen LogP contribution is 2.43. The monoisotopic (exact) mass is 224 g/mol. The van der Waals surface area contributed by atoms with E-state index < -0.39 is 18.0 Å². The second kappa shape index (κ2) is 5.16. The summed E-state index contributed by atoms with van der Waals surface area (Å²) in [6.07, 6.45) is -1.04. The van der Waals surface area contributed by atoms with Crippen LogP contribution in [0.25, 0.3) is 0 Å². The molecule has 0 amide bonds. The number of rotatable bonds is 2. The van der Waals surface area contributed by atoms with Gasteiger partial charge in [-0.3, -0.25) is 4.79 Å². The van der Waals surface area contributed by atoms with Gasteiger partial charge in [-0.25, -0.2) is 4.79 Å². The van der Waals surface area contributed by atoms with E-state index in [2.05, 4.69) is 4.74 Å². The third-order valence-electron chi connectivity index (χ3n) is 1.72. The van der Waals surface area contributed by atoms with Crippen molar-refractivity contribution in [3.63, 3.8) is 0 Å². The van der Waals surface area contributed by atoms with Gasteiger partial charge in [-0.15, -0.1) is 0 Å². The molecule has 86 valence electrons. The predicted molar refractivity (Wildman–Crippen MR) is 55.4 cm³/mol. The Kier molecular flexibility index (Phi) is 3.88. The van der Waals surface area contributed by atoms with Crippen LogP contribution >= 0.6 is 0 Å². The van der Waals surface area contributed by atoms with Crippen LogP contribution in [0, 0.1) is 0 Å². The lowest BCUT2D eigenvalue weighted by Crippen LogP contribution is -2.21. The molecular formula is C11H12O5. The first-order valence-electron chi connectivity index (χ1n) is 4.67. The molecule has 2 rings (SSSR count). The molecule has 1 aromatic carbocycles. The Labute approximate surface area is 92.6 Å². The van der Waals surface area contributed by atoms with Gasteiger partial charge >= 0.3 is 11.9 Å². The molecule has 0 saturated heterocycles. The van der Waals surface area contributed by atoms with Gasteiger partial charge in [-0.1, -0.05) is 12.1 Å². The highest BCUT2D eigenvalue weighted by atomic mass is 16.6. The van der Waals surface area contributed by atoms with Crippen molar-refractivity contribution < 1.29 is 24.2 Å². The second-order valence-electron chi connectivity index (χ2n) is 3.14. The molecule has 1 heterocycles. The Balaban J connectivity index is 0.000000163. The maximum atomic E-state index is 10.1. The SMILES string of the molecule is CC(=O)OC(C)C(=O)O.c1ccc2c(c1)O2. The van der Waals surface area contributed by atoms with Crippen LogP contribution in [0.2, 0.25) is 0 Å². The van der Waals surface area contributed by atoms with E-state index >= 15 is 0 Å². The number of fused-ring (bicyclic) bond motifs is 1. The highest BCUT2D eigenvalue weighted by molar-refractivity contribution is 5.76. The van der Waals surface area contributed by atoms with Crippen molar-refractivity contribution in [1.29, 1.82) is 0 Å². The first-order valence-corrected chi connectivity index (χ1v) is 4.67. The van der Waals surface area contributed by atoms with Gasteiger partial charge in [0.1, 0.15) is 0 Å². The van der Waals surface area contributed by atoms with E-state index in [1.165, 1.54) is 13.8 Å². The number of aliphatic carboxylic acids is 1. The van der Waals surface area contributed by atoms with Crippen molar-refractivity contribution in [2.75, 3.05) is 0 Å². The number of hydrogen-bond acceptors (Lipinski definition) is 4. The van der Waals surface area contributed by atoms with E-state index in [4.69, 9.17) is 9.84 Å². The maximum Gasteiger partial charge on any atom is 0.344 e. The number of carbonyl (C=O) groups excluding carboxylic acids is 1. The molecule has 0 fully saturated rings. The van der Waals surface area contributed by atoms with E-state index in [0.717, 1.165) is 11.5 Å². The summed E-state index contributed by atoms with van der Waals surface area (Å²) in [4.78, 5) is 20.0. The topological polar surface area (TPSA) is 76.1 Å². The Morgan fingerprint density at radius 2 is 1.81 bits per heavy atom. The highest BCUT2D eigenvalue weighted by Gasteiger charge is 2.15. The third-order valence-corrected chi connectivity index (χ3v) is 1.72. The molecule has 16 heavy (non-hydrogen) atoms. The number of hydrogen-bond donors (Lipinski definition) is 1. The standard InChI is InChI=1S/C6H4O.C5H8O4/c1-2-4-6-5(3-1)7-6;1-3(5(7)8)9-4(2)6/h1-4H;3H,1-2H3,(H,7,8). The number of benzene rings is 1. The summed E-state index contributed by atoms with van der Waals surface area (Å²) >= 11 is 0. The fourth-order valence-corrected chi connectivity index (χ4v) is 0.911. The average Bonchev–Trinajstić information content (AvgIpc) is 2.95. The maximum absolute atomic E-state index is 10.1. The van der Waals surface area contributed by atoms with Gasteiger partial charge in [0, 0.05) is 6.92 Å². The molecule has 0 saturated carbocycles. The summed E-state index contributed by atoms with van der Waals surface area (Å²) < 4.78 is 9.21. The first kappa shape index (κ1) is 12.0. The summed E-state index contributed by atoms with van der Waals surface area (Å²) in [5, 5.41) is 8.15. The molecule has 1 aliphatic heterocycles. The minimum Gasteiger partial charge on any atom is -0.479 e. The molecule has 1 unspecified atom stereocenters. The van der Waals surface area contributed by atoms with Crippen LogP contribution in [-0.4, -0.2) is 23.1 Å². The molecule has 5 nitrogen and oxygen atoms in total. The molecule has 0 radical (unpaired) electrons. The number of esters is 1. The summed E-state index contributed by atoms with van der Waals surface area (Å²) in [5.74, 6) is 0.347. The fraction of sp³-hybridized carbons (Fsp3) is 0.273. The van der Waals surface area contributed by atoms with Gasteiger partial charge in [-0.2, -0.15) is 0 Å². The van der Waals surface area contributed by atoms with Crippen LogP contribution in [0.4, 0.5) is 0 Å². The molecule has 0 aliphatic carbocycles. The quantitative estimate of drug-likeness (QED) is 0.621. The van der Waals surface area contributed by atoms with Crippen molar-refractivity contribution in [2.45, 2.75) is 20.0 Å². The molecule has 1 N–H and O–H groups in total. The summed E-state index contributed by atoms with van der Waals surface area (Å²) in [5.41, 5.74) is 0. The van der Waals surface area contributed by atoms with Gasteiger partial charge in [0.15, 0.2) is 17.6 Å². The lowest BCUT2D eigenvalue weighted by molar-refractivity contribution is -0.161. The van der Waals surface area contributed by atoms with Crippen LogP contribution in [-0.2, 0) is 14.3 Å². The van der Waals surface area contributed by atoms with E-state index in [0.29, 0.717) is 0 Å². The van der Waals surface area contributed by atoms with E-state index in [1.54, 1.807) is 0 Å². The molecule has 1 aromatic rings. The number of carboxylic acid groups (broad SMARTS) is 1. The van der Waals surface area contributed by atoms with Crippen LogP contribution in [0.15, 0.2) is 24.3 Å². The molecule has 5 heteroatoms. The summed E-state index contributed by atoms with van der Waals surface area (Å²) in [6, 6.07) is 7.84. The molecular weight excluding hydrogens is 212 g/mol. The fourth-order valence-electron chi connectivity index (χ4n) is 0.911. The normalized spacial score (nSPS) is 12.1. The smallest absolute Gasteiger partial charge is 0.344 e. The van der Waals surface area contributed by atoms with Gasteiger partial charge < -0.3 is 14.6 Å². The molecule has 0 aromatic heterocycles. The predicted octanol–water partition coefficient (Wildman–Crippen LogP) is 1.81. The van der Waals surface area contributed by atoms with E-state index in [-0.39, 0.29) is 0 Å². The minimum atomic E-state index is -1.13. The van der Waals surface area contributed by atoms with Crippen molar-refractivity contribution >= 4 is 11.9 Å². The zero-order valence-corrected chi connectivity index (χ0v) is 8.97. The molecule has 1 aliphatic rings. The molecule has 0 bridgehead atoms. The van der Waals surface area contributed by atoms with Crippen molar-refractivity contribution in [3.8, 4) is 11.5 Å². The van der Waals surface area contributed by atoms with E-state index in [9.17, 15) is 9.59 Å². The number of ether oxygens (including phenoxy) is 2. The van der Waals surface area contributed by atoms with Crippen molar-refractivity contribution in [3.05, 3.63) is 24.3 Å². The minimum absolute atomic E-state index is 0.579. The lowest BCUT2D eigenvalue weighted by Gasteiger charge is -2.04. The molecule has 0 spiro atoms. The zero-order valence-electron chi connectivity index (χ0n) is 8.97. The van der Waals surface area contributed by atoms with E-state index in [1.807, 2.05) is 24.3 Å².